The van der Waals surface area contributed by atoms with Crippen LogP contribution in [0.3, 0.4) is 0 Å². The molecule has 36 heavy (non-hydrogen) atoms. The van der Waals surface area contributed by atoms with Gasteiger partial charge in [0.1, 0.15) is 23.7 Å². The summed E-state index contributed by atoms with van der Waals surface area (Å²) in [5.41, 5.74) is 7.14. The minimum atomic E-state index is -0.531. The van der Waals surface area contributed by atoms with Crippen LogP contribution in [0, 0.1) is 5.41 Å². The van der Waals surface area contributed by atoms with E-state index in [9.17, 15) is 14.4 Å². The van der Waals surface area contributed by atoms with Gasteiger partial charge in [0.05, 0.1) is 0 Å². The molecule has 0 bridgehead atoms. The van der Waals surface area contributed by atoms with Crippen LogP contribution in [0.15, 0.2) is 83.8 Å². The van der Waals surface area contributed by atoms with Crippen LogP contribution >= 0.6 is 24.8 Å². The average Bonchev–Trinajstić information content (AvgIpc) is 2.86. The van der Waals surface area contributed by atoms with Crippen molar-refractivity contribution in [2.75, 3.05) is 5.32 Å². The smallest absolute Gasteiger partial charge is 0.276 e. The number of fused-ring (bicyclic) bond motifs is 1. The maximum Gasteiger partial charge on any atom is 0.276 e. The number of rotatable bonds is 7. The number of nitrogen functional groups attached to an aromatic ring is 1. The summed E-state index contributed by atoms with van der Waals surface area (Å²) in [6, 6.07) is 20.5. The Labute approximate surface area is 219 Å². The molecule has 0 spiro atoms. The number of anilines is 1. The van der Waals surface area contributed by atoms with E-state index in [2.05, 4.69) is 15.6 Å². The molecule has 2 heterocycles. The number of halogens is 2. The van der Waals surface area contributed by atoms with E-state index in [4.69, 9.17) is 11.1 Å². The monoisotopic (exact) mass is 526 g/mol. The van der Waals surface area contributed by atoms with Crippen LogP contribution in [0.5, 0.6) is 0 Å². The van der Waals surface area contributed by atoms with Crippen LogP contribution in [0.1, 0.15) is 21.5 Å². The van der Waals surface area contributed by atoms with E-state index >= 15 is 0 Å². The van der Waals surface area contributed by atoms with E-state index in [1.165, 1.54) is 10.8 Å². The minimum absolute atomic E-state index is 0. The number of nitrogens with one attached hydrogen (secondary N) is 3. The summed E-state index contributed by atoms with van der Waals surface area (Å²) in [5, 5.41) is 13.5. The molecule has 9 nitrogen and oxygen atoms in total. The topological polar surface area (TPSA) is 143 Å². The van der Waals surface area contributed by atoms with Crippen molar-refractivity contribution in [2.24, 2.45) is 5.73 Å². The third kappa shape index (κ3) is 6.47. The number of hydrogen-bond acceptors (Lipinski definition) is 5. The van der Waals surface area contributed by atoms with Crippen LogP contribution in [-0.4, -0.2) is 27.2 Å². The number of nitrogens with two attached hydrogens (primary N) is 1. The second-order valence-electron chi connectivity index (χ2n) is 7.57. The summed E-state index contributed by atoms with van der Waals surface area (Å²) in [7, 11) is 0. The van der Waals surface area contributed by atoms with Crippen molar-refractivity contribution in [3.05, 3.63) is 106 Å². The lowest BCUT2D eigenvalue weighted by Crippen LogP contribution is -2.34. The van der Waals surface area contributed by atoms with Gasteiger partial charge in [0.15, 0.2) is 0 Å². The number of benzene rings is 2. The molecular formula is C25H24Cl2N6O3. The maximum absolute atomic E-state index is 13.2. The Bertz CT molecular complexity index is 1440. The second kappa shape index (κ2) is 12.5. The molecule has 11 heteroatoms. The highest BCUT2D eigenvalue weighted by Gasteiger charge is 2.15. The first kappa shape index (κ1) is 28.0. The normalized spacial score (nSPS) is 10.0. The molecule has 0 aliphatic carbocycles. The molecule has 2 amide bonds. The zero-order valence-corrected chi connectivity index (χ0v) is 20.6. The Morgan fingerprint density at radius 1 is 0.944 bits per heavy atom. The Balaban J connectivity index is 0.00000228. The number of carbonyl (C=O) groups is 2. The minimum Gasteiger partial charge on any atom is -0.384 e. The third-order valence-electron chi connectivity index (χ3n) is 5.19. The maximum atomic E-state index is 13.2. The Morgan fingerprint density at radius 2 is 1.64 bits per heavy atom. The summed E-state index contributed by atoms with van der Waals surface area (Å²) in [5.74, 6) is -0.851. The van der Waals surface area contributed by atoms with Gasteiger partial charge in [0.25, 0.3) is 11.5 Å². The molecule has 0 aliphatic heterocycles. The second-order valence-corrected chi connectivity index (χ2v) is 7.57. The van der Waals surface area contributed by atoms with E-state index in [1.54, 1.807) is 72.8 Å². The fourth-order valence-corrected chi connectivity index (χ4v) is 3.43. The Morgan fingerprint density at radius 3 is 2.31 bits per heavy atom. The summed E-state index contributed by atoms with van der Waals surface area (Å²) < 4.78 is 1.24. The molecule has 5 N–H and O–H groups in total. The zero-order chi connectivity index (χ0) is 24.1. The van der Waals surface area contributed by atoms with E-state index in [-0.39, 0.29) is 49.4 Å². The summed E-state index contributed by atoms with van der Waals surface area (Å²) in [4.78, 5) is 42.7. The zero-order valence-electron chi connectivity index (χ0n) is 18.9. The summed E-state index contributed by atoms with van der Waals surface area (Å²) in [6.07, 6.45) is 1.54. The lowest BCUT2D eigenvalue weighted by atomic mass is 10.1. The number of carbonyl (C=O) groups excluding carboxylic acids is 2. The summed E-state index contributed by atoms with van der Waals surface area (Å²) >= 11 is 0. The largest absolute Gasteiger partial charge is 0.384 e. The fourth-order valence-electron chi connectivity index (χ4n) is 3.43. The first-order valence-electron chi connectivity index (χ1n) is 10.5. The van der Waals surface area contributed by atoms with Gasteiger partial charge in [-0.25, -0.2) is 4.98 Å². The van der Waals surface area contributed by atoms with Gasteiger partial charge in [-0.2, -0.15) is 0 Å². The lowest BCUT2D eigenvalue weighted by molar-refractivity contribution is -0.121. The number of nitrogens with zero attached hydrogens (tertiary/aromatic N) is 2. The quantitative estimate of drug-likeness (QED) is 0.216. The summed E-state index contributed by atoms with van der Waals surface area (Å²) in [6.45, 7) is -0.0332. The van der Waals surface area contributed by atoms with Crippen LogP contribution in [0.25, 0.3) is 11.0 Å². The van der Waals surface area contributed by atoms with Gasteiger partial charge in [0.2, 0.25) is 5.91 Å². The van der Waals surface area contributed by atoms with Crippen LogP contribution < -0.4 is 21.9 Å². The molecule has 0 radical (unpaired) electrons. The fraction of sp³-hybridized carbons (Fsp3) is 0.0800. The van der Waals surface area contributed by atoms with Crippen LogP contribution in [0.4, 0.5) is 5.69 Å². The van der Waals surface area contributed by atoms with Gasteiger partial charge in [-0.1, -0.05) is 42.5 Å². The van der Waals surface area contributed by atoms with E-state index in [0.717, 1.165) is 5.56 Å². The number of pyridine rings is 2. The van der Waals surface area contributed by atoms with Gasteiger partial charge in [0, 0.05) is 29.3 Å². The SMILES string of the molecule is Cl.Cl.N=C(N)c1ccc(CNC(=O)Cn2c(=O)c(NC(=O)c3ccccc3)cc3cccnc32)cc1. The Kier molecular flexibility index (Phi) is 9.72. The molecular weight excluding hydrogens is 503 g/mol. The molecule has 4 rings (SSSR count). The van der Waals surface area contributed by atoms with Crippen molar-refractivity contribution in [2.45, 2.75) is 13.1 Å². The first-order chi connectivity index (χ1) is 16.4. The molecule has 186 valence electrons. The molecule has 4 aromatic rings. The molecule has 0 aliphatic rings. The number of aromatic nitrogens is 2. The number of amidine groups is 1. The predicted octanol–water partition coefficient (Wildman–Crippen LogP) is 3.09. The molecule has 0 saturated carbocycles. The average molecular weight is 527 g/mol. The standard InChI is InChI=1S/C25H22N6O3.2ClH/c26-22(27)17-10-8-16(9-11-17)14-29-21(32)15-31-23-19(7-4-12-28-23)13-20(25(31)34)30-24(33)18-5-2-1-3-6-18;;/h1-13H,14-15H2,(H3,26,27)(H,29,32)(H,30,33);2*1H. The van der Waals surface area contributed by atoms with Crippen molar-refractivity contribution in [3.8, 4) is 0 Å². The highest BCUT2D eigenvalue weighted by molar-refractivity contribution is 6.04. The molecule has 0 atom stereocenters. The number of amides is 2. The Hall–Kier alpha value is -4.21. The first-order valence-corrected chi connectivity index (χ1v) is 10.5. The molecule has 2 aromatic heterocycles. The van der Waals surface area contributed by atoms with Gasteiger partial charge >= 0.3 is 0 Å². The van der Waals surface area contributed by atoms with Gasteiger partial charge in [-0.3, -0.25) is 24.4 Å². The van der Waals surface area contributed by atoms with Crippen LogP contribution in [0.2, 0.25) is 0 Å². The molecule has 0 unspecified atom stereocenters. The van der Waals surface area contributed by atoms with Crippen molar-refractivity contribution in [1.82, 2.24) is 14.9 Å². The van der Waals surface area contributed by atoms with Crippen molar-refractivity contribution in [3.63, 3.8) is 0 Å². The highest BCUT2D eigenvalue weighted by Crippen LogP contribution is 2.15. The van der Waals surface area contributed by atoms with Gasteiger partial charge in [-0.05, 0) is 35.9 Å². The van der Waals surface area contributed by atoms with Crippen molar-refractivity contribution >= 4 is 59.2 Å². The predicted molar refractivity (Wildman–Crippen MR) is 144 cm³/mol. The van der Waals surface area contributed by atoms with Crippen molar-refractivity contribution < 1.29 is 9.59 Å². The number of hydrogen-bond donors (Lipinski definition) is 4. The third-order valence-corrected chi connectivity index (χ3v) is 5.19. The molecule has 2 aromatic carbocycles. The highest BCUT2D eigenvalue weighted by atomic mass is 35.5. The van der Waals surface area contributed by atoms with Gasteiger partial charge in [-0.15, -0.1) is 24.8 Å². The van der Waals surface area contributed by atoms with E-state index in [1.807, 2.05) is 0 Å². The molecule has 0 fully saturated rings. The van der Waals surface area contributed by atoms with Gasteiger partial charge < -0.3 is 16.4 Å². The van der Waals surface area contributed by atoms with E-state index < -0.39 is 17.4 Å². The van der Waals surface area contributed by atoms with Crippen LogP contribution in [-0.2, 0) is 17.9 Å². The lowest BCUT2D eigenvalue weighted by Gasteiger charge is -2.13. The van der Waals surface area contributed by atoms with Crippen molar-refractivity contribution in [1.29, 1.82) is 5.41 Å². The molecule has 0 saturated heterocycles. The van der Waals surface area contributed by atoms with E-state index in [0.29, 0.717) is 22.2 Å².